The third-order valence-corrected chi connectivity index (χ3v) is 8.92. The third-order valence-electron chi connectivity index (χ3n) is 7.01. The summed E-state index contributed by atoms with van der Waals surface area (Å²) in [5, 5.41) is 9.92. The molecule has 0 saturated heterocycles. The number of H-pyrrole nitrogens is 1. The van der Waals surface area contributed by atoms with E-state index in [1.165, 1.54) is 6.07 Å². The predicted octanol–water partition coefficient (Wildman–Crippen LogP) is 4.49. The van der Waals surface area contributed by atoms with Crippen LogP contribution in [0.1, 0.15) is 37.7 Å². The number of hydrogen-bond donors (Lipinski definition) is 4. The van der Waals surface area contributed by atoms with E-state index in [2.05, 4.69) is 9.71 Å². The van der Waals surface area contributed by atoms with Gasteiger partial charge in [0.2, 0.25) is 10.0 Å². The maximum atomic E-state index is 15.3. The van der Waals surface area contributed by atoms with E-state index in [1.54, 1.807) is 42.6 Å². The summed E-state index contributed by atoms with van der Waals surface area (Å²) in [5.74, 6) is -0.450. The van der Waals surface area contributed by atoms with Crippen LogP contribution in [0.25, 0.3) is 27.6 Å². The smallest absolute Gasteiger partial charge is 0.219 e. The Kier molecular flexibility index (Phi) is 5.83. The standard InChI is InChI=1S/C26H28FN3O3S/c27-22-14-17(7-8-20(22)19-13-18-9-12-29-25(18)23(28)15-19)21-5-1-2-6-24(21)34(32,33)30-26(16-31)10-3-4-11-26/h1-2,5,7-9,12-15,24,29-31H,3-4,6,10-11,16,28H2. The summed E-state index contributed by atoms with van der Waals surface area (Å²) in [6.45, 7) is -0.230. The third kappa shape index (κ3) is 4.06. The SMILES string of the molecule is Nc1cc(-c2ccc(C3=CC=CCC3S(=O)(=O)NC3(CO)CCCC3)cc2F)cc2cc[nH]c12. The summed E-state index contributed by atoms with van der Waals surface area (Å²) in [7, 11) is -3.81. The minimum Gasteiger partial charge on any atom is -0.397 e. The molecule has 0 spiro atoms. The molecule has 0 amide bonds. The van der Waals surface area contributed by atoms with Crippen LogP contribution in [0.3, 0.4) is 0 Å². The lowest BCUT2D eigenvalue weighted by Crippen LogP contribution is -2.52. The van der Waals surface area contributed by atoms with Crippen molar-refractivity contribution in [1.82, 2.24) is 9.71 Å². The molecule has 178 valence electrons. The molecule has 2 aliphatic carbocycles. The number of nitrogen functional groups attached to an aromatic ring is 1. The molecule has 0 bridgehead atoms. The van der Waals surface area contributed by atoms with Crippen LogP contribution in [0.2, 0.25) is 0 Å². The van der Waals surface area contributed by atoms with Crippen LogP contribution in [0.4, 0.5) is 10.1 Å². The summed E-state index contributed by atoms with van der Waals surface area (Å²) >= 11 is 0. The number of anilines is 1. The average Bonchev–Trinajstić information content (AvgIpc) is 3.49. The van der Waals surface area contributed by atoms with Crippen molar-refractivity contribution >= 4 is 32.2 Å². The van der Waals surface area contributed by atoms with Crippen LogP contribution >= 0.6 is 0 Å². The van der Waals surface area contributed by atoms with Crippen LogP contribution in [0.5, 0.6) is 0 Å². The number of benzene rings is 2. The van der Waals surface area contributed by atoms with Gasteiger partial charge in [0, 0.05) is 17.1 Å². The Balaban J connectivity index is 1.48. The van der Waals surface area contributed by atoms with E-state index in [0.29, 0.717) is 40.8 Å². The van der Waals surface area contributed by atoms with Gasteiger partial charge in [0.05, 0.1) is 23.3 Å². The highest BCUT2D eigenvalue weighted by Crippen LogP contribution is 2.36. The van der Waals surface area contributed by atoms with E-state index in [4.69, 9.17) is 5.73 Å². The molecular formula is C26H28FN3O3S. The van der Waals surface area contributed by atoms with Crippen molar-refractivity contribution in [3.05, 3.63) is 72.2 Å². The lowest BCUT2D eigenvalue weighted by molar-refractivity contribution is 0.185. The largest absolute Gasteiger partial charge is 0.397 e. The van der Waals surface area contributed by atoms with Gasteiger partial charge in [0.15, 0.2) is 0 Å². The van der Waals surface area contributed by atoms with Gasteiger partial charge in [-0.2, -0.15) is 0 Å². The molecule has 1 aromatic heterocycles. The Labute approximate surface area is 198 Å². The average molecular weight is 482 g/mol. The van der Waals surface area contributed by atoms with Crippen LogP contribution in [-0.4, -0.2) is 35.9 Å². The molecule has 2 aliphatic rings. The number of nitrogens with one attached hydrogen (secondary N) is 2. The Bertz CT molecular complexity index is 1400. The summed E-state index contributed by atoms with van der Waals surface area (Å²) in [5.41, 5.74) is 8.76. The molecule has 1 saturated carbocycles. The second kappa shape index (κ2) is 8.69. The number of halogens is 1. The van der Waals surface area contributed by atoms with E-state index in [1.807, 2.05) is 12.1 Å². The number of nitrogens with two attached hydrogens (primary N) is 1. The molecule has 3 aromatic rings. The van der Waals surface area contributed by atoms with Crippen molar-refractivity contribution in [2.45, 2.75) is 42.9 Å². The first-order valence-electron chi connectivity index (χ1n) is 11.5. The fourth-order valence-corrected chi connectivity index (χ4v) is 7.11. The van der Waals surface area contributed by atoms with E-state index >= 15 is 4.39 Å². The monoisotopic (exact) mass is 481 g/mol. The van der Waals surface area contributed by atoms with E-state index in [-0.39, 0.29) is 13.0 Å². The van der Waals surface area contributed by atoms with Gasteiger partial charge in [-0.3, -0.25) is 0 Å². The first-order valence-corrected chi connectivity index (χ1v) is 13.0. The van der Waals surface area contributed by atoms with Crippen LogP contribution in [-0.2, 0) is 10.0 Å². The molecule has 0 radical (unpaired) electrons. The molecule has 5 N–H and O–H groups in total. The van der Waals surface area contributed by atoms with E-state index < -0.39 is 26.6 Å². The molecule has 1 heterocycles. The van der Waals surface area contributed by atoms with Crippen LogP contribution in [0.15, 0.2) is 60.8 Å². The normalized spacial score (nSPS) is 20.1. The Morgan fingerprint density at radius 2 is 1.94 bits per heavy atom. The summed E-state index contributed by atoms with van der Waals surface area (Å²) in [6, 6.07) is 10.3. The number of aromatic nitrogens is 1. The molecule has 0 aliphatic heterocycles. The van der Waals surface area contributed by atoms with Crippen molar-refractivity contribution in [2.75, 3.05) is 12.3 Å². The first-order chi connectivity index (χ1) is 16.3. The van der Waals surface area contributed by atoms with Crippen molar-refractivity contribution in [2.24, 2.45) is 0 Å². The maximum absolute atomic E-state index is 15.3. The predicted molar refractivity (Wildman–Crippen MR) is 134 cm³/mol. The lowest BCUT2D eigenvalue weighted by Gasteiger charge is -2.31. The quantitative estimate of drug-likeness (QED) is 0.389. The highest BCUT2D eigenvalue weighted by atomic mass is 32.2. The highest BCUT2D eigenvalue weighted by molar-refractivity contribution is 7.90. The van der Waals surface area contributed by atoms with Gasteiger partial charge in [-0.25, -0.2) is 17.5 Å². The first kappa shape index (κ1) is 22.8. The summed E-state index contributed by atoms with van der Waals surface area (Å²) in [4.78, 5) is 3.07. The summed E-state index contributed by atoms with van der Waals surface area (Å²) < 4.78 is 44.9. The molecule has 8 heteroatoms. The Hall–Kier alpha value is -2.94. The molecule has 1 unspecified atom stereocenters. The zero-order valence-electron chi connectivity index (χ0n) is 18.7. The number of allylic oxidation sites excluding steroid dienone is 3. The van der Waals surface area contributed by atoms with Crippen molar-refractivity contribution < 1.29 is 17.9 Å². The minimum absolute atomic E-state index is 0.230. The second-order valence-corrected chi connectivity index (χ2v) is 11.1. The Morgan fingerprint density at radius 1 is 1.15 bits per heavy atom. The number of hydrogen-bond acceptors (Lipinski definition) is 4. The van der Waals surface area contributed by atoms with E-state index in [0.717, 1.165) is 23.7 Å². The topological polar surface area (TPSA) is 108 Å². The van der Waals surface area contributed by atoms with Gasteiger partial charge in [-0.1, -0.05) is 43.2 Å². The highest BCUT2D eigenvalue weighted by Gasteiger charge is 2.41. The molecule has 2 aromatic carbocycles. The number of aliphatic hydroxyl groups is 1. The number of aromatic amines is 1. The van der Waals surface area contributed by atoms with Gasteiger partial charge in [0.1, 0.15) is 11.1 Å². The van der Waals surface area contributed by atoms with Crippen molar-refractivity contribution in [3.8, 4) is 11.1 Å². The van der Waals surface area contributed by atoms with Crippen LogP contribution in [0, 0.1) is 5.82 Å². The molecular weight excluding hydrogens is 453 g/mol. The number of rotatable bonds is 6. The Morgan fingerprint density at radius 3 is 2.68 bits per heavy atom. The molecule has 5 rings (SSSR count). The minimum atomic E-state index is -3.81. The van der Waals surface area contributed by atoms with Crippen LogP contribution < -0.4 is 10.5 Å². The van der Waals surface area contributed by atoms with Crippen molar-refractivity contribution in [1.29, 1.82) is 0 Å². The van der Waals surface area contributed by atoms with E-state index in [9.17, 15) is 13.5 Å². The second-order valence-electron chi connectivity index (χ2n) is 9.27. The zero-order chi connectivity index (χ0) is 23.9. The van der Waals surface area contributed by atoms with Crippen molar-refractivity contribution in [3.63, 3.8) is 0 Å². The number of aliphatic hydroxyl groups excluding tert-OH is 1. The molecule has 1 fully saturated rings. The molecule has 34 heavy (non-hydrogen) atoms. The van der Waals surface area contributed by atoms with Gasteiger partial charge >= 0.3 is 0 Å². The summed E-state index contributed by atoms with van der Waals surface area (Å²) in [6.07, 6.45) is 10.4. The molecule has 6 nitrogen and oxygen atoms in total. The maximum Gasteiger partial charge on any atom is 0.219 e. The number of fused-ring (bicyclic) bond motifs is 1. The lowest BCUT2D eigenvalue weighted by atomic mass is 9.94. The van der Waals surface area contributed by atoms with Gasteiger partial charge in [-0.05, 0) is 60.2 Å². The zero-order valence-corrected chi connectivity index (χ0v) is 19.5. The van der Waals surface area contributed by atoms with Gasteiger partial charge in [0.25, 0.3) is 0 Å². The fourth-order valence-electron chi connectivity index (χ4n) is 5.19. The van der Waals surface area contributed by atoms with Gasteiger partial charge < -0.3 is 15.8 Å². The number of sulfonamides is 1. The molecule has 1 atom stereocenters. The fraction of sp³-hybridized carbons (Fsp3) is 0.308. The van der Waals surface area contributed by atoms with Gasteiger partial charge in [-0.15, -0.1) is 0 Å².